The molecular weight excluding hydrogens is 235 g/mol. The molecule has 1 atom stereocenters. The van der Waals surface area contributed by atoms with Crippen molar-refractivity contribution in [1.29, 1.82) is 0 Å². The number of hydrogen-bond donors (Lipinski definition) is 1. The quantitative estimate of drug-likeness (QED) is 0.786. The molecule has 0 saturated heterocycles. The van der Waals surface area contributed by atoms with Crippen molar-refractivity contribution in [3.63, 3.8) is 0 Å². The first-order valence-electron chi connectivity index (χ1n) is 4.64. The van der Waals surface area contributed by atoms with E-state index in [1.165, 1.54) is 7.11 Å². The van der Waals surface area contributed by atoms with E-state index in [1.54, 1.807) is 24.3 Å². The van der Waals surface area contributed by atoms with Crippen molar-refractivity contribution in [2.24, 2.45) is 0 Å². The second-order valence-electron chi connectivity index (χ2n) is 3.38. The van der Waals surface area contributed by atoms with Gasteiger partial charge in [0.2, 0.25) is 0 Å². The third-order valence-corrected chi connectivity index (χ3v) is 2.82. The molecule has 0 spiro atoms. The molecule has 6 heteroatoms. The van der Waals surface area contributed by atoms with E-state index >= 15 is 0 Å². The van der Waals surface area contributed by atoms with Crippen molar-refractivity contribution in [2.75, 3.05) is 12.9 Å². The zero-order valence-electron chi connectivity index (χ0n) is 8.76. The molecule has 16 heavy (non-hydrogen) atoms. The fourth-order valence-electron chi connectivity index (χ4n) is 1.41. The molecule has 0 radical (unpaired) electrons. The zero-order valence-corrected chi connectivity index (χ0v) is 9.58. The van der Waals surface area contributed by atoms with E-state index in [9.17, 15) is 17.4 Å². The van der Waals surface area contributed by atoms with E-state index in [0.717, 1.165) is 0 Å². The Morgan fingerprint density at radius 3 is 2.62 bits per heavy atom. The van der Waals surface area contributed by atoms with Crippen molar-refractivity contribution >= 4 is 10.2 Å². The Balaban J connectivity index is 2.73. The molecule has 4 nitrogen and oxygen atoms in total. The van der Waals surface area contributed by atoms with Crippen LogP contribution in [-0.2, 0) is 16.6 Å². The van der Waals surface area contributed by atoms with Crippen molar-refractivity contribution in [1.82, 2.24) is 0 Å². The van der Waals surface area contributed by atoms with Crippen LogP contribution in [0.3, 0.4) is 0 Å². The van der Waals surface area contributed by atoms with Gasteiger partial charge in [-0.2, -0.15) is 8.42 Å². The second kappa shape index (κ2) is 5.27. The summed E-state index contributed by atoms with van der Waals surface area (Å²) in [7, 11) is -3.18. The lowest BCUT2D eigenvalue weighted by atomic mass is 10.1. The Labute approximate surface area is 93.9 Å². The minimum absolute atomic E-state index is 0.0349. The van der Waals surface area contributed by atoms with E-state index in [0.29, 0.717) is 11.3 Å². The molecule has 90 valence electrons. The third-order valence-electron chi connectivity index (χ3n) is 2.04. The summed E-state index contributed by atoms with van der Waals surface area (Å²) in [5, 5.41) is 9.38. The molecule has 0 aliphatic rings. The summed E-state index contributed by atoms with van der Waals surface area (Å²) in [5.74, 6) is -0.358. The molecule has 0 aliphatic carbocycles. The fraction of sp³-hybridized carbons (Fsp3) is 0.400. The van der Waals surface area contributed by atoms with Gasteiger partial charge in [0.25, 0.3) is 0 Å². The van der Waals surface area contributed by atoms with Crippen LogP contribution in [0.5, 0.6) is 5.75 Å². The van der Waals surface area contributed by atoms with Crippen LogP contribution in [0.1, 0.15) is 5.56 Å². The van der Waals surface area contributed by atoms with Crippen LogP contribution in [0.4, 0.5) is 3.89 Å². The molecule has 0 aliphatic heterocycles. The highest BCUT2D eigenvalue weighted by atomic mass is 32.3. The lowest BCUT2D eigenvalue weighted by Gasteiger charge is -2.11. The molecule has 0 amide bonds. The molecule has 0 bridgehead atoms. The van der Waals surface area contributed by atoms with Crippen LogP contribution in [-0.4, -0.2) is 32.5 Å². The molecule has 1 N–H and O–H groups in total. The molecule has 0 saturated carbocycles. The van der Waals surface area contributed by atoms with Gasteiger partial charge in [0.1, 0.15) is 11.5 Å². The monoisotopic (exact) mass is 248 g/mol. The van der Waals surface area contributed by atoms with Crippen molar-refractivity contribution in [3.05, 3.63) is 29.8 Å². The Hall–Kier alpha value is -1.14. The molecule has 1 aromatic carbocycles. The van der Waals surface area contributed by atoms with Crippen LogP contribution >= 0.6 is 0 Å². The van der Waals surface area contributed by atoms with E-state index in [4.69, 9.17) is 4.74 Å². The van der Waals surface area contributed by atoms with Gasteiger partial charge in [0, 0.05) is 6.42 Å². The van der Waals surface area contributed by atoms with Gasteiger partial charge < -0.3 is 9.84 Å². The van der Waals surface area contributed by atoms with Gasteiger partial charge in [0.05, 0.1) is 13.2 Å². The number of methoxy groups -OCH3 is 1. The topological polar surface area (TPSA) is 63.6 Å². The van der Waals surface area contributed by atoms with E-state index < -0.39 is 22.1 Å². The average molecular weight is 248 g/mol. The zero-order chi connectivity index (χ0) is 12.2. The molecule has 0 heterocycles. The van der Waals surface area contributed by atoms with Gasteiger partial charge in [-0.25, -0.2) is 0 Å². The smallest absolute Gasteiger partial charge is 0.304 e. The lowest BCUT2D eigenvalue weighted by Crippen LogP contribution is -2.20. The highest BCUT2D eigenvalue weighted by Crippen LogP contribution is 2.19. The summed E-state index contributed by atoms with van der Waals surface area (Å²) in [5.41, 5.74) is 0.640. The van der Waals surface area contributed by atoms with Gasteiger partial charge in [-0.1, -0.05) is 18.2 Å². The number of rotatable bonds is 5. The predicted octanol–water partition coefficient (Wildman–Crippen LogP) is 0.898. The Bertz CT molecular complexity index is 444. The van der Waals surface area contributed by atoms with Crippen LogP contribution < -0.4 is 4.74 Å². The maximum absolute atomic E-state index is 12.3. The van der Waals surface area contributed by atoms with Gasteiger partial charge in [0.15, 0.2) is 0 Å². The number of halogens is 1. The Kier molecular flexibility index (Phi) is 4.26. The maximum Gasteiger partial charge on any atom is 0.304 e. The van der Waals surface area contributed by atoms with Crippen molar-refractivity contribution in [3.8, 4) is 5.75 Å². The first-order chi connectivity index (χ1) is 7.42. The van der Waals surface area contributed by atoms with Crippen LogP contribution in [0.25, 0.3) is 0 Å². The normalized spacial score (nSPS) is 13.4. The van der Waals surface area contributed by atoms with E-state index in [-0.39, 0.29) is 6.42 Å². The number of aliphatic hydroxyl groups is 1. The Morgan fingerprint density at radius 2 is 2.06 bits per heavy atom. The first kappa shape index (κ1) is 12.9. The Morgan fingerprint density at radius 1 is 1.44 bits per heavy atom. The molecule has 1 rings (SSSR count). The average Bonchev–Trinajstić information content (AvgIpc) is 2.15. The molecule has 1 unspecified atom stereocenters. The van der Waals surface area contributed by atoms with Crippen LogP contribution in [0.2, 0.25) is 0 Å². The highest BCUT2D eigenvalue weighted by molar-refractivity contribution is 7.86. The van der Waals surface area contributed by atoms with Gasteiger partial charge in [-0.15, -0.1) is 3.89 Å². The van der Waals surface area contributed by atoms with Crippen LogP contribution in [0, 0.1) is 0 Å². The second-order valence-corrected chi connectivity index (χ2v) is 4.79. The fourth-order valence-corrected chi connectivity index (χ4v) is 1.99. The molecular formula is C10H13FO4S. The van der Waals surface area contributed by atoms with Crippen molar-refractivity contribution in [2.45, 2.75) is 12.5 Å². The van der Waals surface area contributed by atoms with Gasteiger partial charge in [-0.05, 0) is 11.6 Å². The minimum atomic E-state index is -4.65. The number of benzene rings is 1. The van der Waals surface area contributed by atoms with E-state index in [2.05, 4.69) is 0 Å². The summed E-state index contributed by atoms with van der Waals surface area (Å²) in [6.45, 7) is 0. The van der Waals surface area contributed by atoms with E-state index in [1.807, 2.05) is 0 Å². The molecule has 0 fully saturated rings. The summed E-state index contributed by atoms with van der Waals surface area (Å²) >= 11 is 0. The minimum Gasteiger partial charge on any atom is -0.496 e. The van der Waals surface area contributed by atoms with Crippen LogP contribution in [0.15, 0.2) is 24.3 Å². The summed E-state index contributed by atoms with van der Waals surface area (Å²) < 4.78 is 38.0. The molecule has 0 aromatic heterocycles. The summed E-state index contributed by atoms with van der Waals surface area (Å²) in [4.78, 5) is 0. The summed E-state index contributed by atoms with van der Waals surface area (Å²) in [6.07, 6.45) is -1.24. The standard InChI is InChI=1S/C10H13FO4S/c1-15-10-5-3-2-4-8(10)6-9(12)7-16(11,13)14/h2-5,9,12H,6-7H2,1H3. The van der Waals surface area contributed by atoms with Gasteiger partial charge in [-0.3, -0.25) is 0 Å². The number of hydrogen-bond acceptors (Lipinski definition) is 4. The summed E-state index contributed by atoms with van der Waals surface area (Å²) in [6, 6.07) is 6.86. The van der Waals surface area contributed by atoms with Gasteiger partial charge >= 0.3 is 10.2 Å². The maximum atomic E-state index is 12.3. The third kappa shape index (κ3) is 4.16. The van der Waals surface area contributed by atoms with Crippen molar-refractivity contribution < 1.29 is 22.1 Å². The SMILES string of the molecule is COc1ccccc1CC(O)CS(=O)(=O)F. The number of ether oxygens (including phenoxy) is 1. The number of para-hydroxylation sites is 1. The number of aliphatic hydroxyl groups excluding tert-OH is 1. The molecule has 1 aromatic rings. The highest BCUT2D eigenvalue weighted by Gasteiger charge is 2.17. The largest absolute Gasteiger partial charge is 0.496 e. The predicted molar refractivity (Wildman–Crippen MR) is 57.6 cm³/mol. The first-order valence-corrected chi connectivity index (χ1v) is 6.20. The lowest BCUT2D eigenvalue weighted by molar-refractivity contribution is 0.195.